The van der Waals surface area contributed by atoms with E-state index in [9.17, 15) is 10.2 Å². The number of hydrogen-bond donors (Lipinski definition) is 2. The number of benzene rings is 1. The van der Waals surface area contributed by atoms with Crippen molar-refractivity contribution < 1.29 is 10.2 Å². The second-order valence-electron chi connectivity index (χ2n) is 9.08. The van der Waals surface area contributed by atoms with E-state index >= 15 is 0 Å². The van der Waals surface area contributed by atoms with Crippen LogP contribution in [0.2, 0.25) is 0 Å². The van der Waals surface area contributed by atoms with Gasteiger partial charge in [-0.3, -0.25) is 0 Å². The van der Waals surface area contributed by atoms with Crippen LogP contribution in [0.3, 0.4) is 0 Å². The minimum absolute atomic E-state index is 0.169. The molecule has 1 aromatic rings. The largest absolute Gasteiger partial charge is 0.508 e. The van der Waals surface area contributed by atoms with Crippen LogP contribution in [0.25, 0.3) is 6.08 Å². The summed E-state index contributed by atoms with van der Waals surface area (Å²) in [7, 11) is 0. The molecule has 0 aromatic heterocycles. The van der Waals surface area contributed by atoms with Crippen LogP contribution in [0.5, 0.6) is 11.5 Å². The molecule has 0 heterocycles. The Bertz CT molecular complexity index is 736. The minimum atomic E-state index is 0.169. The van der Waals surface area contributed by atoms with Gasteiger partial charge in [0.1, 0.15) is 11.5 Å². The summed E-state index contributed by atoms with van der Waals surface area (Å²) in [5, 5.41) is 20.7. The molecule has 0 aliphatic heterocycles. The van der Waals surface area contributed by atoms with Crippen molar-refractivity contribution in [1.29, 1.82) is 0 Å². The fourth-order valence-electron chi connectivity index (χ4n) is 5.70. The first-order valence-electron chi connectivity index (χ1n) is 9.60. The van der Waals surface area contributed by atoms with E-state index < -0.39 is 0 Å². The normalized spacial score (nSPS) is 33.5. The van der Waals surface area contributed by atoms with Crippen molar-refractivity contribution in [2.75, 3.05) is 0 Å². The molecule has 2 aliphatic rings. The zero-order valence-corrected chi connectivity index (χ0v) is 17.8. The van der Waals surface area contributed by atoms with Crippen LogP contribution in [0.15, 0.2) is 30.9 Å². The standard InChI is InChI=1S/C23H31BrO2/c1-6-15-12-19(26)16(13-18(15)25)11-17-14(2)7-8-20-22(3,4)21(24)9-10-23(17,20)5/h6,12-13,17,20-21,25-26H,1-2,7-11H2,3-5H3/t17-,20+,21-,23+/m0/s1. The molecule has 2 nitrogen and oxygen atoms in total. The van der Waals surface area contributed by atoms with Crippen LogP contribution in [-0.4, -0.2) is 15.0 Å². The summed E-state index contributed by atoms with van der Waals surface area (Å²) in [5.41, 5.74) is 3.07. The molecular weight excluding hydrogens is 388 g/mol. The van der Waals surface area contributed by atoms with E-state index in [-0.39, 0.29) is 22.3 Å². The lowest BCUT2D eigenvalue weighted by Gasteiger charge is -2.59. The Morgan fingerprint density at radius 1 is 1.19 bits per heavy atom. The number of aromatic hydroxyl groups is 2. The van der Waals surface area contributed by atoms with Gasteiger partial charge in [0.25, 0.3) is 0 Å². The predicted molar refractivity (Wildman–Crippen MR) is 113 cm³/mol. The van der Waals surface area contributed by atoms with Gasteiger partial charge in [0.05, 0.1) is 0 Å². The van der Waals surface area contributed by atoms with Gasteiger partial charge in [-0.25, -0.2) is 0 Å². The molecule has 0 bridgehead atoms. The zero-order valence-electron chi connectivity index (χ0n) is 16.2. The van der Waals surface area contributed by atoms with E-state index in [0.29, 0.717) is 22.2 Å². The van der Waals surface area contributed by atoms with Crippen molar-refractivity contribution in [3.05, 3.63) is 42.0 Å². The smallest absolute Gasteiger partial charge is 0.123 e. The highest BCUT2D eigenvalue weighted by atomic mass is 79.9. The third kappa shape index (κ3) is 3.02. The molecule has 0 saturated heterocycles. The highest BCUT2D eigenvalue weighted by Crippen LogP contribution is 2.62. The average molecular weight is 419 g/mol. The molecule has 3 rings (SSSR count). The molecule has 4 atom stereocenters. The van der Waals surface area contributed by atoms with Crippen molar-refractivity contribution in [2.24, 2.45) is 22.7 Å². The molecule has 2 fully saturated rings. The van der Waals surface area contributed by atoms with E-state index in [2.05, 4.69) is 49.9 Å². The topological polar surface area (TPSA) is 40.5 Å². The van der Waals surface area contributed by atoms with Crippen molar-refractivity contribution in [1.82, 2.24) is 0 Å². The Hall–Kier alpha value is -1.22. The summed E-state index contributed by atoms with van der Waals surface area (Å²) < 4.78 is 0. The SMILES string of the molecule is C=Cc1cc(O)c(C[C@H]2C(=C)CC[C@@H]3C(C)(C)[C@@H](Br)CC[C@@]32C)cc1O. The van der Waals surface area contributed by atoms with E-state index in [1.165, 1.54) is 12.0 Å². The van der Waals surface area contributed by atoms with E-state index in [1.54, 1.807) is 18.2 Å². The second-order valence-corrected chi connectivity index (χ2v) is 10.2. The number of allylic oxidation sites excluding steroid dienone is 1. The minimum Gasteiger partial charge on any atom is -0.508 e. The summed E-state index contributed by atoms with van der Waals surface area (Å²) in [5.74, 6) is 1.36. The maximum atomic E-state index is 10.5. The van der Waals surface area contributed by atoms with Crippen LogP contribution < -0.4 is 0 Å². The Morgan fingerprint density at radius 3 is 2.54 bits per heavy atom. The third-order valence-electron chi connectivity index (χ3n) is 7.35. The summed E-state index contributed by atoms with van der Waals surface area (Å²) >= 11 is 3.93. The fourth-order valence-corrected chi connectivity index (χ4v) is 6.25. The van der Waals surface area contributed by atoms with Crippen molar-refractivity contribution in [3.63, 3.8) is 0 Å². The summed E-state index contributed by atoms with van der Waals surface area (Å²) in [4.78, 5) is 0.546. The quantitative estimate of drug-likeness (QED) is 0.336. The van der Waals surface area contributed by atoms with Gasteiger partial charge in [0.15, 0.2) is 0 Å². The number of fused-ring (bicyclic) bond motifs is 1. The maximum absolute atomic E-state index is 10.5. The van der Waals surface area contributed by atoms with Crippen LogP contribution in [0.4, 0.5) is 0 Å². The summed E-state index contributed by atoms with van der Waals surface area (Å²) in [6.45, 7) is 15.3. The van der Waals surface area contributed by atoms with Gasteiger partial charge in [0.2, 0.25) is 0 Å². The van der Waals surface area contributed by atoms with Gasteiger partial charge < -0.3 is 10.2 Å². The van der Waals surface area contributed by atoms with Gasteiger partial charge in [0, 0.05) is 10.4 Å². The molecule has 0 spiro atoms. The summed E-state index contributed by atoms with van der Waals surface area (Å²) in [6, 6.07) is 3.32. The van der Waals surface area contributed by atoms with E-state index in [0.717, 1.165) is 31.2 Å². The van der Waals surface area contributed by atoms with Crippen molar-refractivity contribution in [2.45, 2.75) is 57.7 Å². The molecule has 142 valence electrons. The number of hydrogen-bond acceptors (Lipinski definition) is 2. The summed E-state index contributed by atoms with van der Waals surface area (Å²) in [6.07, 6.45) is 6.86. The Kier molecular flexibility index (Phi) is 5.07. The molecular formula is C23H31BrO2. The molecule has 1 aromatic carbocycles. The highest BCUT2D eigenvalue weighted by molar-refractivity contribution is 9.09. The first kappa shape index (κ1) is 19.5. The molecule has 26 heavy (non-hydrogen) atoms. The zero-order chi connectivity index (χ0) is 19.3. The van der Waals surface area contributed by atoms with Crippen molar-refractivity contribution in [3.8, 4) is 11.5 Å². The van der Waals surface area contributed by atoms with Crippen molar-refractivity contribution >= 4 is 22.0 Å². The first-order chi connectivity index (χ1) is 12.1. The number of phenols is 2. The van der Waals surface area contributed by atoms with Gasteiger partial charge in [-0.1, -0.05) is 61.5 Å². The van der Waals surface area contributed by atoms with Crippen LogP contribution in [0.1, 0.15) is 57.6 Å². The molecule has 0 amide bonds. The first-order valence-corrected chi connectivity index (χ1v) is 10.5. The third-order valence-corrected chi connectivity index (χ3v) is 8.99. The van der Waals surface area contributed by atoms with Crippen LogP contribution in [0, 0.1) is 22.7 Å². The highest BCUT2D eigenvalue weighted by Gasteiger charge is 2.55. The Balaban J connectivity index is 1.97. The Morgan fingerprint density at radius 2 is 1.88 bits per heavy atom. The fraction of sp³-hybridized carbons (Fsp3) is 0.565. The number of halogens is 1. The van der Waals surface area contributed by atoms with Crippen LogP contribution in [-0.2, 0) is 6.42 Å². The number of phenolic OH excluding ortho intramolecular Hbond substituents is 2. The van der Waals surface area contributed by atoms with Gasteiger partial charge in [-0.05, 0) is 72.5 Å². The monoisotopic (exact) mass is 418 g/mol. The lowest BCUT2D eigenvalue weighted by atomic mass is 9.47. The van der Waals surface area contributed by atoms with Gasteiger partial charge in [-0.15, -0.1) is 0 Å². The molecule has 0 radical (unpaired) electrons. The van der Waals surface area contributed by atoms with Gasteiger partial charge >= 0.3 is 0 Å². The predicted octanol–water partition coefficient (Wildman–Crippen LogP) is 6.46. The van der Waals surface area contributed by atoms with E-state index in [4.69, 9.17) is 0 Å². The van der Waals surface area contributed by atoms with E-state index in [1.807, 2.05) is 0 Å². The number of rotatable bonds is 3. The van der Waals surface area contributed by atoms with Gasteiger partial charge in [-0.2, -0.15) is 0 Å². The lowest BCUT2D eigenvalue weighted by Crippen LogP contribution is -2.53. The Labute approximate surface area is 166 Å². The lowest BCUT2D eigenvalue weighted by molar-refractivity contribution is -0.0461. The molecule has 2 aliphatic carbocycles. The number of alkyl halides is 1. The second kappa shape index (κ2) is 6.74. The molecule has 2 N–H and O–H groups in total. The molecule has 3 heteroatoms. The maximum Gasteiger partial charge on any atom is 0.123 e. The molecule has 0 unspecified atom stereocenters. The van der Waals surface area contributed by atoms with Crippen LogP contribution >= 0.6 is 15.9 Å². The molecule has 2 saturated carbocycles. The average Bonchev–Trinajstić information content (AvgIpc) is 2.57.